The second-order valence-electron chi connectivity index (χ2n) is 12.2. The third-order valence-electron chi connectivity index (χ3n) is 8.51. The van der Waals surface area contributed by atoms with Crippen molar-refractivity contribution in [2.75, 3.05) is 19.0 Å². The predicted molar refractivity (Wildman–Crippen MR) is 177 cm³/mol. The Morgan fingerprint density at radius 1 is 1.24 bits per heavy atom. The number of likely N-dealkylation sites (tertiary alicyclic amines) is 1. The van der Waals surface area contributed by atoms with Crippen LogP contribution in [0.1, 0.15) is 39.2 Å². The lowest BCUT2D eigenvalue weighted by atomic mass is 10.1. The van der Waals surface area contributed by atoms with Gasteiger partial charge in [-0.05, 0) is 46.2 Å². The van der Waals surface area contributed by atoms with Crippen molar-refractivity contribution in [1.29, 1.82) is 0 Å². The van der Waals surface area contributed by atoms with Gasteiger partial charge < -0.3 is 35.8 Å². The number of thiazole rings is 1. The van der Waals surface area contributed by atoms with Gasteiger partial charge in [-0.3, -0.25) is 9.59 Å². The summed E-state index contributed by atoms with van der Waals surface area (Å²) in [5, 5.41) is 19.3. The molecule has 0 radical (unpaired) electrons. The first-order valence-electron chi connectivity index (χ1n) is 15.1. The number of hydrogen-bond acceptors (Lipinski definition) is 10. The van der Waals surface area contributed by atoms with Crippen molar-refractivity contribution in [3.63, 3.8) is 0 Å². The van der Waals surface area contributed by atoms with Crippen LogP contribution in [0, 0.1) is 12.8 Å². The van der Waals surface area contributed by atoms with Crippen molar-refractivity contribution < 1.29 is 29.0 Å². The number of nitrogens with zero attached hydrogens (tertiary/aromatic N) is 3. The number of aryl methyl sites for hydroxylation is 1. The molecule has 46 heavy (non-hydrogen) atoms. The first-order valence-corrected chi connectivity index (χ1v) is 15.9. The Morgan fingerprint density at radius 2 is 1.98 bits per heavy atom. The van der Waals surface area contributed by atoms with E-state index in [1.165, 1.54) is 22.3 Å². The Hall–Kier alpha value is -4.49. The third-order valence-corrected chi connectivity index (χ3v) is 9.29. The Bertz CT molecular complexity index is 1720. The zero-order valence-electron chi connectivity index (χ0n) is 26.6. The average molecular weight is 649 g/mol. The van der Waals surface area contributed by atoms with Crippen molar-refractivity contribution in [2.45, 2.75) is 70.3 Å². The highest BCUT2D eigenvalue weighted by Gasteiger charge is 2.61. The second-order valence-corrected chi connectivity index (χ2v) is 13.1. The summed E-state index contributed by atoms with van der Waals surface area (Å²) in [5.41, 5.74) is 7.88. The Kier molecular flexibility index (Phi) is 9.09. The number of nitrogens with one attached hydrogen (secondary N) is 2. The number of carbonyl (C=O) groups excluding carboxylic acids is 2. The minimum Gasteiger partial charge on any atom is -0.496 e. The fourth-order valence-corrected chi connectivity index (χ4v) is 6.65. The number of amides is 2. The molecule has 12 nitrogen and oxygen atoms in total. The smallest absolute Gasteiger partial charge is 0.330 e. The van der Waals surface area contributed by atoms with Crippen LogP contribution in [0.2, 0.25) is 0 Å². The number of rotatable bonds is 12. The number of methoxy groups -OCH3 is 1. The quantitative estimate of drug-likeness (QED) is 0.211. The first-order chi connectivity index (χ1) is 21.8. The van der Waals surface area contributed by atoms with Gasteiger partial charge in [-0.15, -0.1) is 17.9 Å². The molecule has 1 saturated heterocycles. The largest absolute Gasteiger partial charge is 0.496 e. The van der Waals surface area contributed by atoms with Gasteiger partial charge in [0.25, 0.3) is 0 Å². The zero-order chi connectivity index (χ0) is 33.5. The summed E-state index contributed by atoms with van der Waals surface area (Å²) in [6.07, 6.45) is 1.23. The maximum Gasteiger partial charge on any atom is 0.330 e. The maximum absolute atomic E-state index is 13.7. The SMILES string of the molecule is C=C[C@@H]1C[C@]1(NC(=O)[C@@H]1C[C@@H](Oc2cc(-c3csc(NC(C)C)n3)nc3c(C)c(OC)ccc23)CN1C(=O)[C@@H](N)C(=C)C)C(=O)O. The number of anilines is 1. The lowest BCUT2D eigenvalue weighted by Gasteiger charge is -2.27. The van der Waals surface area contributed by atoms with E-state index >= 15 is 0 Å². The number of ether oxygens (including phenoxy) is 2. The number of benzene rings is 1. The van der Waals surface area contributed by atoms with Crippen LogP contribution >= 0.6 is 11.3 Å². The molecule has 1 aliphatic heterocycles. The Balaban J connectivity index is 1.50. The molecule has 2 amide bonds. The fourth-order valence-electron chi connectivity index (χ4n) is 5.80. The minimum atomic E-state index is -1.45. The highest BCUT2D eigenvalue weighted by molar-refractivity contribution is 7.14. The van der Waals surface area contributed by atoms with E-state index in [1.807, 2.05) is 38.3 Å². The molecule has 3 aromatic rings. The Labute approximate surface area is 271 Å². The summed E-state index contributed by atoms with van der Waals surface area (Å²) in [5.74, 6) is -1.48. The summed E-state index contributed by atoms with van der Waals surface area (Å²) < 4.78 is 12.2. The van der Waals surface area contributed by atoms with Crippen molar-refractivity contribution >= 4 is 45.2 Å². The van der Waals surface area contributed by atoms with E-state index < -0.39 is 47.4 Å². The lowest BCUT2D eigenvalue weighted by molar-refractivity contribution is -0.145. The number of aromatic nitrogens is 2. The van der Waals surface area contributed by atoms with Crippen LogP contribution in [0.4, 0.5) is 5.13 Å². The van der Waals surface area contributed by atoms with E-state index in [9.17, 15) is 19.5 Å². The molecule has 0 spiro atoms. The van der Waals surface area contributed by atoms with Crippen molar-refractivity contribution in [2.24, 2.45) is 11.7 Å². The van der Waals surface area contributed by atoms with Gasteiger partial charge in [-0.2, -0.15) is 0 Å². The van der Waals surface area contributed by atoms with E-state index in [1.54, 1.807) is 20.1 Å². The second kappa shape index (κ2) is 12.7. The molecule has 0 unspecified atom stereocenters. The van der Waals surface area contributed by atoms with Gasteiger partial charge in [0.1, 0.15) is 40.9 Å². The first kappa shape index (κ1) is 32.9. The molecular weight excluding hydrogens is 608 g/mol. The van der Waals surface area contributed by atoms with Crippen LogP contribution in [0.25, 0.3) is 22.3 Å². The molecule has 5 atom stereocenters. The van der Waals surface area contributed by atoms with E-state index in [2.05, 4.69) is 23.8 Å². The number of aliphatic carboxylic acids is 1. The molecule has 1 saturated carbocycles. The summed E-state index contributed by atoms with van der Waals surface area (Å²) in [4.78, 5) is 50.3. The van der Waals surface area contributed by atoms with Gasteiger partial charge in [-0.1, -0.05) is 18.2 Å². The average Bonchev–Trinajstić information content (AvgIpc) is 3.30. The van der Waals surface area contributed by atoms with E-state index in [0.29, 0.717) is 34.0 Å². The lowest BCUT2D eigenvalue weighted by Crippen LogP contribution is -2.55. The molecule has 1 aromatic carbocycles. The molecule has 2 aromatic heterocycles. The highest BCUT2D eigenvalue weighted by atomic mass is 32.1. The maximum atomic E-state index is 13.7. The summed E-state index contributed by atoms with van der Waals surface area (Å²) in [6.45, 7) is 15.2. The number of carbonyl (C=O) groups is 3. The van der Waals surface area contributed by atoms with Gasteiger partial charge in [0.15, 0.2) is 5.13 Å². The Morgan fingerprint density at radius 3 is 2.59 bits per heavy atom. The number of fused-ring (bicyclic) bond motifs is 1. The number of carboxylic acid groups (broad SMARTS) is 1. The standard InChI is InChI=1S/C33H40N6O6S/c1-8-19-13-33(19,31(42)43)38-29(40)24-11-20(14-39(24)30(41)27(34)16(2)3)45-26-12-22(23-15-46-32(37-23)35-17(4)5)36-28-18(6)25(44-7)10-9-21(26)28/h8-10,12,15,17,19-20,24,27H,1-2,11,13-14,34H2,3-7H3,(H,35,37)(H,38,40)(H,42,43)/t19-,20-,24+,27+,33-/m1/s1. The van der Waals surface area contributed by atoms with Crippen LogP contribution in [0.3, 0.4) is 0 Å². The van der Waals surface area contributed by atoms with Gasteiger partial charge >= 0.3 is 5.97 Å². The summed E-state index contributed by atoms with van der Waals surface area (Å²) in [7, 11) is 1.60. The van der Waals surface area contributed by atoms with E-state index in [4.69, 9.17) is 25.2 Å². The van der Waals surface area contributed by atoms with E-state index in [0.717, 1.165) is 16.1 Å². The number of hydrogen-bond donors (Lipinski definition) is 4. The van der Waals surface area contributed by atoms with Crippen molar-refractivity contribution in [1.82, 2.24) is 20.2 Å². The normalized spacial score (nSPS) is 22.8. The molecule has 5 N–H and O–H groups in total. The molecule has 244 valence electrons. The van der Waals surface area contributed by atoms with Crippen LogP contribution in [0.5, 0.6) is 11.5 Å². The minimum absolute atomic E-state index is 0.0519. The van der Waals surface area contributed by atoms with E-state index in [-0.39, 0.29) is 25.4 Å². The molecule has 2 fully saturated rings. The van der Waals surface area contributed by atoms with Crippen LogP contribution < -0.4 is 25.8 Å². The molecule has 2 aliphatic rings. The highest BCUT2D eigenvalue weighted by Crippen LogP contribution is 2.45. The monoisotopic (exact) mass is 648 g/mol. The molecule has 3 heterocycles. The molecule has 13 heteroatoms. The predicted octanol–water partition coefficient (Wildman–Crippen LogP) is 3.89. The number of carboxylic acids is 1. The summed E-state index contributed by atoms with van der Waals surface area (Å²) in [6, 6.07) is 3.66. The van der Waals surface area contributed by atoms with Crippen LogP contribution in [-0.4, -0.2) is 81.2 Å². The number of nitrogens with two attached hydrogens (primary N) is 1. The van der Waals surface area contributed by atoms with Crippen LogP contribution in [-0.2, 0) is 14.4 Å². The van der Waals surface area contributed by atoms with Crippen molar-refractivity contribution in [3.8, 4) is 22.9 Å². The fraction of sp³-hybridized carbons (Fsp3) is 0.424. The topological polar surface area (TPSA) is 169 Å². The molecule has 0 bridgehead atoms. The van der Waals surface area contributed by atoms with Gasteiger partial charge in [0.05, 0.1) is 24.9 Å². The number of pyridine rings is 1. The third kappa shape index (κ3) is 6.16. The zero-order valence-corrected chi connectivity index (χ0v) is 27.4. The van der Waals surface area contributed by atoms with Gasteiger partial charge in [-0.25, -0.2) is 14.8 Å². The van der Waals surface area contributed by atoms with Crippen LogP contribution in [0.15, 0.2) is 48.4 Å². The summed E-state index contributed by atoms with van der Waals surface area (Å²) >= 11 is 1.47. The molecular formula is C33H40N6O6S. The van der Waals surface area contributed by atoms with Crippen molar-refractivity contribution in [3.05, 3.63) is 53.9 Å². The van der Waals surface area contributed by atoms with Gasteiger partial charge in [0.2, 0.25) is 11.8 Å². The van der Waals surface area contributed by atoms with Gasteiger partial charge in [0, 0.05) is 40.8 Å². The molecule has 1 aliphatic carbocycles. The molecule has 5 rings (SSSR count).